The van der Waals surface area contributed by atoms with Gasteiger partial charge in [-0.2, -0.15) is 0 Å². The highest BCUT2D eigenvalue weighted by atomic mass is 35.5. The number of Topliss-reactive ketones (excluding diaryl/α,β-unsaturated/α-hetero) is 1. The Kier molecular flexibility index (Phi) is 4.86. The van der Waals surface area contributed by atoms with Crippen LogP contribution in [0.3, 0.4) is 0 Å². The molecule has 3 heteroatoms. The Hall–Kier alpha value is -2.06. The number of aliphatic hydroxyl groups excluding tert-OH is 1. The summed E-state index contributed by atoms with van der Waals surface area (Å²) >= 11 is 6.04. The van der Waals surface area contributed by atoms with Crippen molar-refractivity contribution < 1.29 is 9.90 Å². The molecule has 0 spiro atoms. The molecular weight excluding hydrogens is 356 g/mol. The molecule has 4 rings (SSSR count). The fraction of sp³-hybridized carbons (Fsp3) is 0.375. The van der Waals surface area contributed by atoms with Crippen molar-refractivity contribution in [1.82, 2.24) is 0 Å². The number of fused-ring (bicyclic) bond motifs is 2. The third-order valence-electron chi connectivity index (χ3n) is 6.18. The van der Waals surface area contributed by atoms with Crippen LogP contribution in [0.5, 0.6) is 0 Å². The molecule has 2 bridgehead atoms. The van der Waals surface area contributed by atoms with Gasteiger partial charge in [0.25, 0.3) is 0 Å². The summed E-state index contributed by atoms with van der Waals surface area (Å²) in [5.41, 5.74) is 6.10. The van der Waals surface area contributed by atoms with Crippen molar-refractivity contribution in [2.45, 2.75) is 46.0 Å². The van der Waals surface area contributed by atoms with Gasteiger partial charge in [0.15, 0.2) is 5.78 Å². The second-order valence-corrected chi connectivity index (χ2v) is 8.15. The maximum Gasteiger partial charge on any atom is 0.169 e. The zero-order valence-electron chi connectivity index (χ0n) is 15.9. The van der Waals surface area contributed by atoms with Crippen molar-refractivity contribution in [1.29, 1.82) is 0 Å². The van der Waals surface area contributed by atoms with Crippen molar-refractivity contribution in [2.24, 2.45) is 11.8 Å². The van der Waals surface area contributed by atoms with E-state index in [4.69, 9.17) is 11.6 Å². The van der Waals surface area contributed by atoms with Gasteiger partial charge in [0.1, 0.15) is 5.76 Å². The van der Waals surface area contributed by atoms with Gasteiger partial charge < -0.3 is 5.11 Å². The zero-order chi connectivity index (χ0) is 19.1. The summed E-state index contributed by atoms with van der Waals surface area (Å²) in [4.78, 5) is 13.1. The Balaban J connectivity index is 1.90. The lowest BCUT2D eigenvalue weighted by molar-refractivity contribution is -0.117. The predicted molar refractivity (Wildman–Crippen MR) is 111 cm³/mol. The number of rotatable bonds is 4. The average molecular weight is 381 g/mol. The summed E-state index contributed by atoms with van der Waals surface area (Å²) < 4.78 is 0. The maximum atomic E-state index is 13.1. The summed E-state index contributed by atoms with van der Waals surface area (Å²) in [5, 5.41) is 11.6. The van der Waals surface area contributed by atoms with Crippen LogP contribution in [0.2, 0.25) is 5.02 Å². The van der Waals surface area contributed by atoms with Crippen LogP contribution in [0, 0.1) is 11.8 Å². The quantitative estimate of drug-likeness (QED) is 0.666. The molecule has 2 atom stereocenters. The smallest absolute Gasteiger partial charge is 0.169 e. The summed E-state index contributed by atoms with van der Waals surface area (Å²) in [6, 6.07) is 12.2. The molecule has 0 heterocycles. The molecule has 0 unspecified atom stereocenters. The molecule has 1 fully saturated rings. The van der Waals surface area contributed by atoms with Crippen LogP contribution in [-0.2, 0) is 17.6 Å². The molecule has 0 radical (unpaired) electrons. The summed E-state index contributed by atoms with van der Waals surface area (Å²) in [6.45, 7) is 4.23. The van der Waals surface area contributed by atoms with E-state index < -0.39 is 0 Å². The number of carbonyl (C=O) groups is 1. The van der Waals surface area contributed by atoms with Gasteiger partial charge in [0, 0.05) is 16.9 Å². The normalized spacial score (nSPS) is 21.8. The second kappa shape index (κ2) is 7.16. The van der Waals surface area contributed by atoms with E-state index in [1.807, 2.05) is 24.3 Å². The first kappa shape index (κ1) is 18.3. The lowest BCUT2D eigenvalue weighted by Gasteiger charge is -2.25. The average Bonchev–Trinajstić information content (AvgIpc) is 3.14. The molecule has 0 aromatic heterocycles. The number of aliphatic hydroxyl groups is 1. The summed E-state index contributed by atoms with van der Waals surface area (Å²) in [7, 11) is 0. The van der Waals surface area contributed by atoms with Gasteiger partial charge in [-0.1, -0.05) is 49.7 Å². The minimum absolute atomic E-state index is 0.0891. The Morgan fingerprint density at radius 3 is 2.15 bits per heavy atom. The molecule has 2 aromatic rings. The van der Waals surface area contributed by atoms with E-state index in [-0.39, 0.29) is 17.6 Å². The van der Waals surface area contributed by atoms with Crippen molar-refractivity contribution in [3.05, 3.63) is 63.9 Å². The lowest BCUT2D eigenvalue weighted by Crippen LogP contribution is -2.22. The summed E-state index contributed by atoms with van der Waals surface area (Å²) in [6.07, 6.45) is 4.30. The molecule has 1 saturated carbocycles. The molecular formula is C24H25ClO2. The van der Waals surface area contributed by atoms with Gasteiger partial charge in [-0.05, 0) is 72.1 Å². The van der Waals surface area contributed by atoms with Crippen molar-refractivity contribution in [3.8, 4) is 11.1 Å². The van der Waals surface area contributed by atoms with Crippen LogP contribution >= 0.6 is 11.6 Å². The highest BCUT2D eigenvalue weighted by Gasteiger charge is 2.42. The molecule has 140 valence electrons. The minimum Gasteiger partial charge on any atom is -0.511 e. The topological polar surface area (TPSA) is 37.3 Å². The van der Waals surface area contributed by atoms with Gasteiger partial charge in [-0.25, -0.2) is 0 Å². The lowest BCUT2D eigenvalue weighted by atomic mass is 9.79. The first-order valence-electron chi connectivity index (χ1n) is 9.92. The largest absolute Gasteiger partial charge is 0.511 e. The Bertz CT molecular complexity index is 899. The number of carbonyl (C=O) groups excluding carboxylic acids is 1. The number of aryl methyl sites for hydroxylation is 2. The van der Waals surface area contributed by atoms with E-state index in [0.717, 1.165) is 64.9 Å². The zero-order valence-corrected chi connectivity index (χ0v) is 16.6. The third kappa shape index (κ3) is 3.10. The standard InChI is InChI=1S/C24H25ClO2/c1-3-14-11-19(16-7-9-20(25)10-8-16)12-15(4-2)21(14)22-23(26)17-5-6-18(13-17)24(22)27/h7-12,17-18,26H,3-6,13H2,1-2H3/t17-,18+/m0/s1. The fourth-order valence-electron chi connectivity index (χ4n) is 4.71. The van der Waals surface area contributed by atoms with E-state index in [2.05, 4.69) is 26.0 Å². The van der Waals surface area contributed by atoms with E-state index in [9.17, 15) is 9.90 Å². The van der Waals surface area contributed by atoms with Crippen LogP contribution in [-0.4, -0.2) is 10.9 Å². The van der Waals surface area contributed by atoms with Crippen LogP contribution in [0.25, 0.3) is 16.7 Å². The molecule has 0 aliphatic heterocycles. The number of hydrogen-bond acceptors (Lipinski definition) is 2. The number of halogens is 1. The predicted octanol–water partition coefficient (Wildman–Crippen LogP) is 6.40. The maximum absolute atomic E-state index is 13.1. The number of benzene rings is 2. The Labute approximate surface area is 165 Å². The van der Waals surface area contributed by atoms with Crippen molar-refractivity contribution in [2.75, 3.05) is 0 Å². The highest BCUT2D eigenvalue weighted by molar-refractivity contribution is 6.30. The Morgan fingerprint density at radius 2 is 1.56 bits per heavy atom. The number of ketones is 1. The van der Waals surface area contributed by atoms with Crippen LogP contribution in [0.1, 0.15) is 49.8 Å². The van der Waals surface area contributed by atoms with Crippen LogP contribution in [0.4, 0.5) is 0 Å². The van der Waals surface area contributed by atoms with Crippen LogP contribution < -0.4 is 0 Å². The first-order chi connectivity index (χ1) is 13.0. The number of hydrogen-bond donors (Lipinski definition) is 1. The fourth-order valence-corrected chi connectivity index (χ4v) is 4.84. The third-order valence-corrected chi connectivity index (χ3v) is 6.44. The Morgan fingerprint density at radius 1 is 0.963 bits per heavy atom. The van der Waals surface area contributed by atoms with Gasteiger partial charge in [0.05, 0.1) is 5.57 Å². The minimum atomic E-state index is 0.0891. The van der Waals surface area contributed by atoms with Crippen molar-refractivity contribution >= 4 is 23.0 Å². The molecule has 2 nitrogen and oxygen atoms in total. The van der Waals surface area contributed by atoms with Gasteiger partial charge in [0.2, 0.25) is 0 Å². The molecule has 0 amide bonds. The molecule has 2 aliphatic carbocycles. The first-order valence-corrected chi connectivity index (χ1v) is 10.3. The van der Waals surface area contributed by atoms with Gasteiger partial charge >= 0.3 is 0 Å². The van der Waals surface area contributed by atoms with Crippen molar-refractivity contribution in [3.63, 3.8) is 0 Å². The molecule has 0 saturated heterocycles. The van der Waals surface area contributed by atoms with E-state index >= 15 is 0 Å². The van der Waals surface area contributed by atoms with Gasteiger partial charge in [-0.15, -0.1) is 0 Å². The second-order valence-electron chi connectivity index (χ2n) is 7.71. The monoisotopic (exact) mass is 380 g/mol. The molecule has 1 N–H and O–H groups in total. The van der Waals surface area contributed by atoms with Gasteiger partial charge in [-0.3, -0.25) is 4.79 Å². The summed E-state index contributed by atoms with van der Waals surface area (Å²) in [5.74, 6) is 0.724. The van der Waals surface area contributed by atoms with E-state index in [0.29, 0.717) is 11.3 Å². The molecule has 27 heavy (non-hydrogen) atoms. The van der Waals surface area contributed by atoms with E-state index in [1.54, 1.807) is 0 Å². The molecule has 2 aliphatic rings. The highest BCUT2D eigenvalue weighted by Crippen LogP contribution is 2.47. The van der Waals surface area contributed by atoms with Crippen LogP contribution in [0.15, 0.2) is 42.2 Å². The molecule has 2 aromatic carbocycles. The number of allylic oxidation sites excluding steroid dienone is 2. The van der Waals surface area contributed by atoms with E-state index in [1.165, 1.54) is 0 Å². The SMILES string of the molecule is CCc1cc(-c2ccc(Cl)cc2)cc(CC)c1C1=C(O)[C@H]2CC[C@H](C2)C1=O.